The van der Waals surface area contributed by atoms with E-state index in [1.807, 2.05) is 19.1 Å². The first kappa shape index (κ1) is 19.8. The van der Waals surface area contributed by atoms with Crippen LogP contribution in [0.3, 0.4) is 0 Å². The Morgan fingerprint density at radius 3 is 2.68 bits per heavy atom. The maximum atomic E-state index is 12.1. The third-order valence-corrected chi connectivity index (χ3v) is 4.80. The van der Waals surface area contributed by atoms with Gasteiger partial charge < -0.3 is 5.32 Å². The van der Waals surface area contributed by atoms with Crippen molar-refractivity contribution in [3.05, 3.63) is 88.0 Å². The molecule has 0 unspecified atom stereocenters. The van der Waals surface area contributed by atoms with Gasteiger partial charge in [0.05, 0.1) is 12.2 Å². The number of nitrogens with one attached hydrogen (secondary N) is 1. The Hall–Kier alpha value is -2.92. The zero-order valence-corrected chi connectivity index (χ0v) is 16.8. The van der Waals surface area contributed by atoms with Gasteiger partial charge in [0.2, 0.25) is 5.91 Å². The van der Waals surface area contributed by atoms with Gasteiger partial charge in [-0.25, -0.2) is 4.68 Å². The average molecular weight is 395 g/mol. The van der Waals surface area contributed by atoms with Gasteiger partial charge >= 0.3 is 0 Å². The van der Waals surface area contributed by atoms with Gasteiger partial charge in [0.1, 0.15) is 5.15 Å². The second-order valence-corrected chi connectivity index (χ2v) is 7.03. The molecule has 144 valence electrons. The number of amides is 1. The predicted octanol–water partition coefficient (Wildman–Crippen LogP) is 3.97. The normalized spacial score (nSPS) is 11.1. The van der Waals surface area contributed by atoms with Crippen LogP contribution in [-0.2, 0) is 17.8 Å². The molecular weight excluding hydrogens is 372 g/mol. The van der Waals surface area contributed by atoms with Crippen LogP contribution in [0.2, 0.25) is 5.15 Å². The summed E-state index contributed by atoms with van der Waals surface area (Å²) in [5.74, 6) is -0.161. The third-order valence-electron chi connectivity index (χ3n) is 4.40. The molecule has 2 aromatic heterocycles. The molecular formula is C22H23ClN4O. The third kappa shape index (κ3) is 5.30. The van der Waals surface area contributed by atoms with Crippen molar-refractivity contribution in [3.8, 4) is 0 Å². The van der Waals surface area contributed by atoms with Crippen LogP contribution in [0, 0.1) is 13.8 Å². The Kier molecular flexibility index (Phi) is 6.61. The molecule has 2 heterocycles. The monoisotopic (exact) mass is 394 g/mol. The van der Waals surface area contributed by atoms with Crippen molar-refractivity contribution >= 4 is 23.6 Å². The molecule has 1 N–H and O–H groups in total. The zero-order chi connectivity index (χ0) is 19.9. The lowest BCUT2D eigenvalue weighted by atomic mass is 10.1. The molecule has 1 aromatic carbocycles. The first-order valence-electron chi connectivity index (χ1n) is 9.16. The van der Waals surface area contributed by atoms with Crippen molar-refractivity contribution in [1.82, 2.24) is 20.1 Å². The molecule has 1 amide bonds. The van der Waals surface area contributed by atoms with E-state index in [1.165, 1.54) is 11.6 Å². The number of hydrogen-bond donors (Lipinski definition) is 1. The number of benzene rings is 1. The van der Waals surface area contributed by atoms with Crippen molar-refractivity contribution in [2.45, 2.75) is 26.8 Å². The standard InChI is InChI=1S/C22H23ClN4O/c1-16-5-7-19(8-6-16)15-27-22(23)20(17(2)26-27)9-10-21(28)25-13-11-18-4-3-12-24-14-18/h3-10,12,14H,11,13,15H2,1-2H3,(H,25,28). The lowest BCUT2D eigenvalue weighted by Crippen LogP contribution is -2.23. The second kappa shape index (κ2) is 9.33. The van der Waals surface area contributed by atoms with Crippen LogP contribution in [0.1, 0.15) is 27.9 Å². The molecule has 0 saturated heterocycles. The molecule has 0 atom stereocenters. The minimum atomic E-state index is -0.161. The summed E-state index contributed by atoms with van der Waals surface area (Å²) >= 11 is 6.49. The smallest absolute Gasteiger partial charge is 0.244 e. The van der Waals surface area contributed by atoms with Crippen molar-refractivity contribution in [2.24, 2.45) is 0 Å². The lowest BCUT2D eigenvalue weighted by molar-refractivity contribution is -0.116. The van der Waals surface area contributed by atoms with Crippen LogP contribution in [0.15, 0.2) is 54.9 Å². The number of hydrogen-bond acceptors (Lipinski definition) is 3. The fourth-order valence-electron chi connectivity index (χ4n) is 2.82. The Morgan fingerprint density at radius 2 is 1.96 bits per heavy atom. The summed E-state index contributed by atoms with van der Waals surface area (Å²) in [7, 11) is 0. The number of carbonyl (C=O) groups is 1. The van der Waals surface area contributed by atoms with E-state index >= 15 is 0 Å². The van der Waals surface area contributed by atoms with Crippen LogP contribution in [0.4, 0.5) is 0 Å². The predicted molar refractivity (Wildman–Crippen MR) is 112 cm³/mol. The number of aryl methyl sites for hydroxylation is 2. The van der Waals surface area contributed by atoms with Gasteiger partial charge in [0.25, 0.3) is 0 Å². The molecule has 0 fully saturated rings. The van der Waals surface area contributed by atoms with E-state index in [0.717, 1.165) is 28.8 Å². The first-order valence-corrected chi connectivity index (χ1v) is 9.54. The van der Waals surface area contributed by atoms with Crippen molar-refractivity contribution in [2.75, 3.05) is 6.54 Å². The quantitative estimate of drug-likeness (QED) is 0.617. The highest BCUT2D eigenvalue weighted by Gasteiger charge is 2.11. The molecule has 0 saturated carbocycles. The van der Waals surface area contributed by atoms with E-state index in [2.05, 4.69) is 46.6 Å². The summed E-state index contributed by atoms with van der Waals surface area (Å²) in [4.78, 5) is 16.1. The summed E-state index contributed by atoms with van der Waals surface area (Å²) in [6.07, 6.45) is 7.48. The van der Waals surface area contributed by atoms with E-state index < -0.39 is 0 Å². The summed E-state index contributed by atoms with van der Waals surface area (Å²) < 4.78 is 1.75. The molecule has 6 heteroatoms. The van der Waals surface area contributed by atoms with Gasteiger partial charge in [-0.3, -0.25) is 9.78 Å². The van der Waals surface area contributed by atoms with E-state index in [9.17, 15) is 4.79 Å². The zero-order valence-electron chi connectivity index (χ0n) is 16.0. The SMILES string of the molecule is Cc1ccc(Cn2nc(C)c(C=CC(=O)NCCc3cccnc3)c2Cl)cc1. The van der Waals surface area contributed by atoms with Gasteiger partial charge in [-0.15, -0.1) is 0 Å². The summed E-state index contributed by atoms with van der Waals surface area (Å²) in [5.41, 5.74) is 4.97. The fourth-order valence-corrected chi connectivity index (χ4v) is 3.12. The number of rotatable bonds is 7. The molecule has 3 rings (SSSR count). The van der Waals surface area contributed by atoms with Crippen LogP contribution in [0.25, 0.3) is 6.08 Å². The van der Waals surface area contributed by atoms with E-state index in [0.29, 0.717) is 18.2 Å². The molecule has 3 aromatic rings. The van der Waals surface area contributed by atoms with E-state index in [4.69, 9.17) is 11.6 Å². The molecule has 0 aliphatic carbocycles. The number of halogens is 1. The number of pyridine rings is 1. The van der Waals surface area contributed by atoms with Crippen LogP contribution in [-0.4, -0.2) is 27.2 Å². The summed E-state index contributed by atoms with van der Waals surface area (Å²) in [6.45, 7) is 5.08. The van der Waals surface area contributed by atoms with Gasteiger partial charge in [-0.05, 0) is 43.5 Å². The minimum absolute atomic E-state index is 0.161. The van der Waals surface area contributed by atoms with Crippen LogP contribution >= 0.6 is 11.6 Å². The molecule has 5 nitrogen and oxygen atoms in total. The second-order valence-electron chi connectivity index (χ2n) is 6.67. The molecule has 28 heavy (non-hydrogen) atoms. The maximum absolute atomic E-state index is 12.1. The Labute approximate surface area is 170 Å². The lowest BCUT2D eigenvalue weighted by Gasteiger charge is -2.04. The van der Waals surface area contributed by atoms with E-state index in [-0.39, 0.29) is 5.91 Å². The van der Waals surface area contributed by atoms with Gasteiger partial charge in [-0.2, -0.15) is 5.10 Å². The van der Waals surface area contributed by atoms with Crippen LogP contribution < -0.4 is 5.32 Å². The van der Waals surface area contributed by atoms with Crippen molar-refractivity contribution in [1.29, 1.82) is 0 Å². The molecule has 0 aliphatic heterocycles. The number of aromatic nitrogens is 3. The Balaban J connectivity index is 1.59. The fraction of sp³-hybridized carbons (Fsp3) is 0.227. The molecule has 0 bridgehead atoms. The highest BCUT2D eigenvalue weighted by Crippen LogP contribution is 2.22. The van der Waals surface area contributed by atoms with Gasteiger partial charge in [0.15, 0.2) is 0 Å². The Morgan fingerprint density at radius 1 is 1.18 bits per heavy atom. The molecule has 0 aliphatic rings. The van der Waals surface area contributed by atoms with E-state index in [1.54, 1.807) is 23.2 Å². The van der Waals surface area contributed by atoms with Crippen molar-refractivity contribution < 1.29 is 4.79 Å². The van der Waals surface area contributed by atoms with Crippen molar-refractivity contribution in [3.63, 3.8) is 0 Å². The molecule has 0 radical (unpaired) electrons. The van der Waals surface area contributed by atoms with Gasteiger partial charge in [0, 0.05) is 30.6 Å². The maximum Gasteiger partial charge on any atom is 0.244 e. The van der Waals surface area contributed by atoms with Gasteiger partial charge in [-0.1, -0.05) is 47.5 Å². The summed E-state index contributed by atoms with van der Waals surface area (Å²) in [5, 5.41) is 7.90. The largest absolute Gasteiger partial charge is 0.352 e. The van der Waals surface area contributed by atoms with Crippen LogP contribution in [0.5, 0.6) is 0 Å². The first-order chi connectivity index (χ1) is 13.5. The number of nitrogens with zero attached hydrogens (tertiary/aromatic N) is 3. The Bertz CT molecular complexity index is 962. The minimum Gasteiger partial charge on any atom is -0.352 e. The highest BCUT2D eigenvalue weighted by molar-refractivity contribution is 6.31. The highest BCUT2D eigenvalue weighted by atomic mass is 35.5. The average Bonchev–Trinajstić information content (AvgIpc) is 2.96. The number of carbonyl (C=O) groups excluding carboxylic acids is 1. The summed E-state index contributed by atoms with van der Waals surface area (Å²) in [6, 6.07) is 12.1. The molecule has 0 spiro atoms. The topological polar surface area (TPSA) is 59.8 Å².